The van der Waals surface area contributed by atoms with E-state index >= 15 is 0 Å². The molecule has 1 aromatic rings. The molecule has 0 aliphatic rings. The number of aromatic nitrogens is 1. The number of rotatable bonds is 7. The van der Waals surface area contributed by atoms with Gasteiger partial charge in [-0.25, -0.2) is 0 Å². The number of hydrogen-bond acceptors (Lipinski definition) is 4. The first-order valence-electron chi connectivity index (χ1n) is 5.16. The molecule has 4 nitrogen and oxygen atoms in total. The zero-order valence-corrected chi connectivity index (χ0v) is 8.92. The van der Waals surface area contributed by atoms with Crippen LogP contribution in [0, 0.1) is 0 Å². The highest BCUT2D eigenvalue weighted by Gasteiger charge is 2.01. The van der Waals surface area contributed by atoms with Gasteiger partial charge in [-0.3, -0.25) is 0 Å². The van der Waals surface area contributed by atoms with Crippen molar-refractivity contribution in [2.75, 3.05) is 13.1 Å². The Morgan fingerprint density at radius 1 is 1.57 bits per heavy atom. The van der Waals surface area contributed by atoms with Crippen molar-refractivity contribution in [2.24, 2.45) is 0 Å². The second kappa shape index (κ2) is 6.56. The van der Waals surface area contributed by atoms with Gasteiger partial charge in [-0.1, -0.05) is 12.1 Å². The minimum Gasteiger partial charge on any atom is -0.364 e. The molecular formula is C10H19N3O. The molecule has 1 unspecified atom stereocenters. The summed E-state index contributed by atoms with van der Waals surface area (Å²) in [5.41, 5.74) is 0.951. The molecule has 2 N–H and O–H groups in total. The Kier molecular flexibility index (Phi) is 5.25. The molecule has 1 heterocycles. The monoisotopic (exact) mass is 197 g/mol. The van der Waals surface area contributed by atoms with Crippen molar-refractivity contribution < 1.29 is 4.52 Å². The van der Waals surface area contributed by atoms with E-state index in [9.17, 15) is 0 Å². The van der Waals surface area contributed by atoms with Crippen LogP contribution in [0.1, 0.15) is 26.0 Å². The predicted octanol–water partition coefficient (Wildman–Crippen LogP) is 1.15. The third-order valence-electron chi connectivity index (χ3n) is 2.00. The van der Waals surface area contributed by atoms with Gasteiger partial charge >= 0.3 is 0 Å². The van der Waals surface area contributed by atoms with Crippen molar-refractivity contribution >= 4 is 0 Å². The first kappa shape index (κ1) is 11.2. The number of hydrogen-bond donors (Lipinski definition) is 2. The summed E-state index contributed by atoms with van der Waals surface area (Å²) in [6.07, 6.45) is 2.77. The minimum absolute atomic E-state index is 0.457. The van der Waals surface area contributed by atoms with E-state index in [1.165, 1.54) is 6.42 Å². The van der Waals surface area contributed by atoms with E-state index in [0.717, 1.165) is 25.3 Å². The Morgan fingerprint density at radius 3 is 3.07 bits per heavy atom. The second-order valence-corrected chi connectivity index (χ2v) is 3.48. The van der Waals surface area contributed by atoms with Crippen LogP contribution >= 0.6 is 0 Å². The van der Waals surface area contributed by atoms with Crippen LogP contribution in [0.5, 0.6) is 0 Å². The van der Waals surface area contributed by atoms with E-state index in [2.05, 4.69) is 29.6 Å². The maximum Gasteiger partial charge on any atom is 0.124 e. The fourth-order valence-electron chi connectivity index (χ4n) is 1.18. The van der Waals surface area contributed by atoms with E-state index in [4.69, 9.17) is 4.52 Å². The quantitative estimate of drug-likeness (QED) is 0.644. The average Bonchev–Trinajstić information content (AvgIpc) is 2.68. The van der Waals surface area contributed by atoms with Gasteiger partial charge in [0.1, 0.15) is 6.26 Å². The first-order chi connectivity index (χ1) is 6.83. The SMILES string of the molecule is CCCNCC(C)NCc1ccon1. The number of nitrogens with one attached hydrogen (secondary N) is 2. The summed E-state index contributed by atoms with van der Waals surface area (Å²) in [5, 5.41) is 10.5. The van der Waals surface area contributed by atoms with Gasteiger partial charge in [-0.15, -0.1) is 0 Å². The van der Waals surface area contributed by atoms with Gasteiger partial charge < -0.3 is 15.2 Å². The third-order valence-corrected chi connectivity index (χ3v) is 2.00. The van der Waals surface area contributed by atoms with Crippen molar-refractivity contribution in [1.29, 1.82) is 0 Å². The summed E-state index contributed by atoms with van der Waals surface area (Å²) in [7, 11) is 0. The van der Waals surface area contributed by atoms with E-state index in [-0.39, 0.29) is 0 Å². The average molecular weight is 197 g/mol. The highest BCUT2D eigenvalue weighted by atomic mass is 16.5. The number of nitrogens with zero attached hydrogens (tertiary/aromatic N) is 1. The summed E-state index contributed by atoms with van der Waals surface area (Å²) in [4.78, 5) is 0. The first-order valence-corrected chi connectivity index (χ1v) is 5.16. The molecule has 1 rings (SSSR count). The molecule has 0 bridgehead atoms. The lowest BCUT2D eigenvalue weighted by Crippen LogP contribution is -2.36. The minimum atomic E-state index is 0.457. The summed E-state index contributed by atoms with van der Waals surface area (Å²) in [6.45, 7) is 7.16. The fraction of sp³-hybridized carbons (Fsp3) is 0.700. The van der Waals surface area contributed by atoms with E-state index in [0.29, 0.717) is 6.04 Å². The third kappa shape index (κ3) is 4.39. The molecule has 4 heteroatoms. The van der Waals surface area contributed by atoms with Crippen LogP contribution in [-0.2, 0) is 6.54 Å². The lowest BCUT2D eigenvalue weighted by molar-refractivity contribution is 0.404. The van der Waals surface area contributed by atoms with Gasteiger partial charge in [0.25, 0.3) is 0 Å². The highest BCUT2D eigenvalue weighted by Crippen LogP contribution is 1.93. The predicted molar refractivity (Wildman–Crippen MR) is 56.0 cm³/mol. The van der Waals surface area contributed by atoms with E-state index in [1.807, 2.05) is 6.07 Å². The Morgan fingerprint density at radius 2 is 2.43 bits per heavy atom. The largest absolute Gasteiger partial charge is 0.364 e. The molecule has 0 saturated carbocycles. The Balaban J connectivity index is 2.06. The standard InChI is InChI=1S/C10H19N3O/c1-3-5-11-7-9(2)12-8-10-4-6-14-13-10/h4,6,9,11-12H,3,5,7-8H2,1-2H3. The van der Waals surface area contributed by atoms with Crippen LogP contribution in [0.4, 0.5) is 0 Å². The Labute approximate surface area is 85.1 Å². The van der Waals surface area contributed by atoms with Crippen molar-refractivity contribution in [3.05, 3.63) is 18.0 Å². The molecule has 0 amide bonds. The molecule has 0 aliphatic heterocycles. The maximum atomic E-state index is 4.74. The summed E-state index contributed by atoms with van der Waals surface area (Å²) >= 11 is 0. The molecule has 0 aromatic carbocycles. The molecule has 0 spiro atoms. The van der Waals surface area contributed by atoms with Gasteiger partial charge in [0, 0.05) is 25.2 Å². The molecule has 80 valence electrons. The molecule has 0 aliphatic carbocycles. The lowest BCUT2D eigenvalue weighted by atomic mass is 10.3. The van der Waals surface area contributed by atoms with Crippen LogP contribution in [0.3, 0.4) is 0 Å². The molecule has 1 atom stereocenters. The van der Waals surface area contributed by atoms with Crippen LogP contribution in [0.25, 0.3) is 0 Å². The normalized spacial score (nSPS) is 13.0. The summed E-state index contributed by atoms with van der Waals surface area (Å²) in [6, 6.07) is 2.33. The van der Waals surface area contributed by atoms with Gasteiger partial charge in [0.15, 0.2) is 0 Å². The molecule has 0 radical (unpaired) electrons. The van der Waals surface area contributed by atoms with Crippen molar-refractivity contribution in [2.45, 2.75) is 32.9 Å². The van der Waals surface area contributed by atoms with Crippen molar-refractivity contribution in [1.82, 2.24) is 15.8 Å². The molecule has 1 aromatic heterocycles. The second-order valence-electron chi connectivity index (χ2n) is 3.48. The fourth-order valence-corrected chi connectivity index (χ4v) is 1.18. The van der Waals surface area contributed by atoms with Gasteiger partial charge in [-0.2, -0.15) is 0 Å². The van der Waals surface area contributed by atoms with Crippen LogP contribution in [0.15, 0.2) is 16.9 Å². The molecule has 0 fully saturated rings. The van der Waals surface area contributed by atoms with Gasteiger partial charge in [0.05, 0.1) is 5.69 Å². The van der Waals surface area contributed by atoms with Gasteiger partial charge in [-0.05, 0) is 19.9 Å². The topological polar surface area (TPSA) is 50.1 Å². The highest BCUT2D eigenvalue weighted by molar-refractivity contribution is 4.94. The summed E-state index contributed by atoms with van der Waals surface area (Å²) < 4.78 is 4.74. The molecule has 0 saturated heterocycles. The smallest absolute Gasteiger partial charge is 0.124 e. The van der Waals surface area contributed by atoms with Crippen LogP contribution < -0.4 is 10.6 Å². The lowest BCUT2D eigenvalue weighted by Gasteiger charge is -2.12. The van der Waals surface area contributed by atoms with E-state index < -0.39 is 0 Å². The maximum absolute atomic E-state index is 4.74. The zero-order valence-electron chi connectivity index (χ0n) is 8.92. The van der Waals surface area contributed by atoms with Crippen molar-refractivity contribution in [3.63, 3.8) is 0 Å². The van der Waals surface area contributed by atoms with Crippen LogP contribution in [-0.4, -0.2) is 24.3 Å². The van der Waals surface area contributed by atoms with Crippen LogP contribution in [0.2, 0.25) is 0 Å². The molecular weight excluding hydrogens is 178 g/mol. The van der Waals surface area contributed by atoms with E-state index in [1.54, 1.807) is 6.26 Å². The Bertz CT molecular complexity index is 223. The van der Waals surface area contributed by atoms with Crippen molar-refractivity contribution in [3.8, 4) is 0 Å². The Hall–Kier alpha value is -0.870. The zero-order chi connectivity index (χ0) is 10.2. The summed E-state index contributed by atoms with van der Waals surface area (Å²) in [5.74, 6) is 0. The van der Waals surface area contributed by atoms with Gasteiger partial charge in [0.2, 0.25) is 0 Å². The molecule has 14 heavy (non-hydrogen) atoms.